The van der Waals surface area contributed by atoms with E-state index in [1.807, 2.05) is 12.1 Å². The summed E-state index contributed by atoms with van der Waals surface area (Å²) in [5.74, 6) is -1.09. The van der Waals surface area contributed by atoms with Gasteiger partial charge in [-0.15, -0.1) is 0 Å². The Hall–Kier alpha value is -2.04. The van der Waals surface area contributed by atoms with Crippen LogP contribution in [0.2, 0.25) is 0 Å². The van der Waals surface area contributed by atoms with Crippen LogP contribution in [0.15, 0.2) is 18.2 Å². The van der Waals surface area contributed by atoms with Crippen LogP contribution in [0, 0.1) is 0 Å². The summed E-state index contributed by atoms with van der Waals surface area (Å²) in [6, 6.07) is 4.91. The first-order valence-corrected chi connectivity index (χ1v) is 6.57. The average molecular weight is 260 g/mol. The van der Waals surface area contributed by atoms with Crippen molar-refractivity contribution < 1.29 is 14.7 Å². The summed E-state index contributed by atoms with van der Waals surface area (Å²) >= 11 is 0. The Bertz CT molecular complexity index is 541. The van der Waals surface area contributed by atoms with Crippen LogP contribution in [-0.2, 0) is 11.2 Å². The first-order chi connectivity index (χ1) is 9.16. The van der Waals surface area contributed by atoms with Gasteiger partial charge in [-0.05, 0) is 37.0 Å². The van der Waals surface area contributed by atoms with Crippen molar-refractivity contribution in [3.05, 3.63) is 29.3 Å². The number of rotatable bonds is 2. The number of aliphatic carboxylic acids is 1. The van der Waals surface area contributed by atoms with Crippen molar-refractivity contribution in [2.45, 2.75) is 25.3 Å². The lowest BCUT2D eigenvalue weighted by Gasteiger charge is -2.21. The van der Waals surface area contributed by atoms with Crippen molar-refractivity contribution in [1.82, 2.24) is 4.90 Å². The molecule has 0 saturated carbocycles. The normalized spacial score (nSPS) is 21.1. The molecular formula is C14H16N2O3. The predicted octanol–water partition coefficient (Wildman–Crippen LogP) is 1.34. The second kappa shape index (κ2) is 4.57. The third-order valence-corrected chi connectivity index (χ3v) is 3.87. The Morgan fingerprint density at radius 1 is 1.37 bits per heavy atom. The van der Waals surface area contributed by atoms with Gasteiger partial charge in [0.15, 0.2) is 0 Å². The number of nitrogens with one attached hydrogen (secondary N) is 1. The van der Waals surface area contributed by atoms with E-state index in [2.05, 4.69) is 5.32 Å². The van der Waals surface area contributed by atoms with Crippen LogP contribution in [0.3, 0.4) is 0 Å². The van der Waals surface area contributed by atoms with Crippen molar-refractivity contribution in [2.24, 2.45) is 0 Å². The number of nitrogens with zero attached hydrogens (tertiary/aromatic N) is 1. The number of carbonyl (C=O) groups excluding carboxylic acids is 1. The van der Waals surface area contributed by atoms with E-state index in [-0.39, 0.29) is 5.91 Å². The standard InChI is InChI=1S/C14H16N2O3/c17-13(16-7-1-2-12(16)14(18)19)10-4-3-9-5-6-15-11(9)8-10/h3-4,8,12,15H,1-2,5-7H2,(H,18,19). The number of fused-ring (bicyclic) bond motifs is 1. The molecule has 5 nitrogen and oxygen atoms in total. The number of carboxylic acid groups (broad SMARTS) is 1. The second-order valence-electron chi connectivity index (χ2n) is 5.04. The molecular weight excluding hydrogens is 244 g/mol. The summed E-state index contributed by atoms with van der Waals surface area (Å²) in [5.41, 5.74) is 2.78. The molecule has 1 atom stereocenters. The van der Waals surface area contributed by atoms with Crippen LogP contribution >= 0.6 is 0 Å². The van der Waals surface area contributed by atoms with Crippen molar-refractivity contribution in [1.29, 1.82) is 0 Å². The summed E-state index contributed by atoms with van der Waals surface area (Å²) in [7, 11) is 0. The van der Waals surface area contributed by atoms with E-state index in [9.17, 15) is 9.59 Å². The highest BCUT2D eigenvalue weighted by Crippen LogP contribution is 2.26. The lowest BCUT2D eigenvalue weighted by Crippen LogP contribution is -2.40. The third kappa shape index (κ3) is 2.05. The summed E-state index contributed by atoms with van der Waals surface area (Å²) in [4.78, 5) is 25.0. The number of hydrogen-bond donors (Lipinski definition) is 2. The van der Waals surface area contributed by atoms with Crippen molar-refractivity contribution in [3.8, 4) is 0 Å². The van der Waals surface area contributed by atoms with Crippen molar-refractivity contribution in [2.75, 3.05) is 18.4 Å². The fraction of sp³-hybridized carbons (Fsp3) is 0.429. The number of carboxylic acids is 1. The molecule has 0 aromatic heterocycles. The average Bonchev–Trinajstić information content (AvgIpc) is 3.05. The van der Waals surface area contributed by atoms with Gasteiger partial charge in [0.05, 0.1) is 0 Å². The minimum Gasteiger partial charge on any atom is -0.480 e. The van der Waals surface area contributed by atoms with Gasteiger partial charge in [0.1, 0.15) is 6.04 Å². The molecule has 3 rings (SSSR count). The van der Waals surface area contributed by atoms with Gasteiger partial charge >= 0.3 is 5.97 Å². The Morgan fingerprint density at radius 2 is 2.21 bits per heavy atom. The molecule has 1 unspecified atom stereocenters. The molecule has 0 aliphatic carbocycles. The minimum absolute atomic E-state index is 0.179. The highest BCUT2D eigenvalue weighted by Gasteiger charge is 2.34. The molecule has 1 amide bonds. The summed E-state index contributed by atoms with van der Waals surface area (Å²) in [5, 5.41) is 12.4. The highest BCUT2D eigenvalue weighted by molar-refractivity contribution is 5.98. The second-order valence-corrected chi connectivity index (χ2v) is 5.04. The Labute approximate surface area is 111 Å². The topological polar surface area (TPSA) is 69.6 Å². The molecule has 1 fully saturated rings. The Kier molecular flexibility index (Phi) is 2.89. The Morgan fingerprint density at radius 3 is 3.00 bits per heavy atom. The molecule has 0 spiro atoms. The van der Waals surface area contributed by atoms with Gasteiger partial charge in [-0.1, -0.05) is 6.07 Å². The molecule has 1 saturated heterocycles. The van der Waals surface area contributed by atoms with Gasteiger partial charge in [-0.2, -0.15) is 0 Å². The first kappa shape index (κ1) is 12.0. The molecule has 0 bridgehead atoms. The van der Waals surface area contributed by atoms with E-state index in [0.29, 0.717) is 18.5 Å². The van der Waals surface area contributed by atoms with Crippen LogP contribution in [0.1, 0.15) is 28.8 Å². The number of hydrogen-bond acceptors (Lipinski definition) is 3. The zero-order valence-corrected chi connectivity index (χ0v) is 10.6. The smallest absolute Gasteiger partial charge is 0.326 e. The van der Waals surface area contributed by atoms with Crippen LogP contribution in [0.4, 0.5) is 5.69 Å². The van der Waals surface area contributed by atoms with Gasteiger partial charge in [-0.25, -0.2) is 4.79 Å². The number of anilines is 1. The molecule has 19 heavy (non-hydrogen) atoms. The summed E-state index contributed by atoms with van der Waals surface area (Å²) < 4.78 is 0. The maximum absolute atomic E-state index is 12.4. The minimum atomic E-state index is -0.912. The van der Waals surface area contributed by atoms with Crippen LogP contribution in [0.25, 0.3) is 0 Å². The van der Waals surface area contributed by atoms with Crippen molar-refractivity contribution in [3.63, 3.8) is 0 Å². The van der Waals surface area contributed by atoms with E-state index in [0.717, 1.165) is 25.1 Å². The molecule has 2 aliphatic heterocycles. The SMILES string of the molecule is O=C(O)C1CCCN1C(=O)c1ccc2c(c1)NCC2. The summed E-state index contributed by atoms with van der Waals surface area (Å²) in [6.07, 6.45) is 2.28. The number of carbonyl (C=O) groups is 2. The molecule has 1 aromatic rings. The number of likely N-dealkylation sites (tertiary alicyclic amines) is 1. The predicted molar refractivity (Wildman–Crippen MR) is 70.3 cm³/mol. The lowest BCUT2D eigenvalue weighted by molar-refractivity contribution is -0.141. The largest absolute Gasteiger partial charge is 0.480 e. The van der Waals surface area contributed by atoms with E-state index in [4.69, 9.17) is 5.11 Å². The molecule has 100 valence electrons. The quantitative estimate of drug-likeness (QED) is 0.842. The molecule has 1 aromatic carbocycles. The molecule has 0 radical (unpaired) electrons. The number of benzene rings is 1. The monoisotopic (exact) mass is 260 g/mol. The van der Waals surface area contributed by atoms with E-state index < -0.39 is 12.0 Å². The first-order valence-electron chi connectivity index (χ1n) is 6.57. The fourth-order valence-corrected chi connectivity index (χ4v) is 2.86. The zero-order chi connectivity index (χ0) is 13.4. The number of amides is 1. The van der Waals surface area contributed by atoms with Crippen LogP contribution < -0.4 is 5.32 Å². The van der Waals surface area contributed by atoms with E-state index in [1.165, 1.54) is 10.5 Å². The molecule has 2 N–H and O–H groups in total. The molecule has 5 heteroatoms. The van der Waals surface area contributed by atoms with Gasteiger partial charge < -0.3 is 15.3 Å². The van der Waals surface area contributed by atoms with E-state index in [1.54, 1.807) is 6.07 Å². The van der Waals surface area contributed by atoms with Crippen LogP contribution in [0.5, 0.6) is 0 Å². The summed E-state index contributed by atoms with van der Waals surface area (Å²) in [6.45, 7) is 1.43. The van der Waals surface area contributed by atoms with Gasteiger partial charge in [0.2, 0.25) is 0 Å². The van der Waals surface area contributed by atoms with Gasteiger partial charge in [-0.3, -0.25) is 4.79 Å². The van der Waals surface area contributed by atoms with Gasteiger partial charge in [0.25, 0.3) is 5.91 Å². The van der Waals surface area contributed by atoms with Gasteiger partial charge in [0, 0.05) is 24.3 Å². The Balaban J connectivity index is 1.85. The third-order valence-electron chi connectivity index (χ3n) is 3.87. The molecule has 2 aliphatic rings. The highest BCUT2D eigenvalue weighted by atomic mass is 16.4. The maximum atomic E-state index is 12.4. The molecule has 2 heterocycles. The fourth-order valence-electron chi connectivity index (χ4n) is 2.86. The van der Waals surface area contributed by atoms with E-state index >= 15 is 0 Å². The lowest BCUT2D eigenvalue weighted by atomic mass is 10.1. The van der Waals surface area contributed by atoms with Crippen LogP contribution in [-0.4, -0.2) is 41.0 Å². The zero-order valence-electron chi connectivity index (χ0n) is 10.6. The maximum Gasteiger partial charge on any atom is 0.326 e. The van der Waals surface area contributed by atoms with Crippen molar-refractivity contribution >= 4 is 17.6 Å².